The molecule has 14 heavy (non-hydrogen) atoms. The van der Waals surface area contributed by atoms with Crippen LogP contribution in [0.15, 0.2) is 12.7 Å². The molecule has 1 fully saturated rings. The number of alkyl carbamates (subject to hydrolysis) is 1. The minimum Gasteiger partial charge on any atom is -0.443 e. The summed E-state index contributed by atoms with van der Waals surface area (Å²) in [4.78, 5) is 12.7. The van der Waals surface area contributed by atoms with Gasteiger partial charge in [-0.3, -0.25) is 4.90 Å². The Morgan fingerprint density at radius 1 is 1.79 bits per heavy atom. The molecule has 1 rings (SSSR count). The van der Waals surface area contributed by atoms with Crippen molar-refractivity contribution in [2.24, 2.45) is 0 Å². The second kappa shape index (κ2) is 5.62. The zero-order valence-corrected chi connectivity index (χ0v) is 8.11. The number of hydrogen-bond acceptors (Lipinski definition) is 4. The Hall–Kier alpha value is -1.07. The van der Waals surface area contributed by atoms with Crippen LogP contribution in [0.1, 0.15) is 0 Å². The highest BCUT2D eigenvalue weighted by Crippen LogP contribution is 2.02. The maximum Gasteiger partial charge on any atom is 0.407 e. The summed E-state index contributed by atoms with van der Waals surface area (Å²) in [6, 6.07) is 0. The second-order valence-electron chi connectivity index (χ2n) is 3.18. The van der Waals surface area contributed by atoms with Crippen LogP contribution in [0.25, 0.3) is 0 Å². The van der Waals surface area contributed by atoms with Crippen molar-refractivity contribution >= 4 is 6.09 Å². The molecule has 1 heterocycles. The fourth-order valence-corrected chi connectivity index (χ4v) is 1.40. The minimum absolute atomic E-state index is 0.0991. The second-order valence-corrected chi connectivity index (χ2v) is 3.18. The van der Waals surface area contributed by atoms with Crippen LogP contribution in [0.5, 0.6) is 0 Å². The van der Waals surface area contributed by atoms with Gasteiger partial charge in [0.25, 0.3) is 0 Å². The van der Waals surface area contributed by atoms with E-state index in [4.69, 9.17) is 9.84 Å². The third kappa shape index (κ3) is 3.35. The van der Waals surface area contributed by atoms with Crippen LogP contribution in [0.3, 0.4) is 0 Å². The van der Waals surface area contributed by atoms with E-state index >= 15 is 0 Å². The molecule has 1 aliphatic heterocycles. The smallest absolute Gasteiger partial charge is 0.407 e. The number of aliphatic hydroxyl groups excluding tert-OH is 1. The van der Waals surface area contributed by atoms with Crippen molar-refractivity contribution < 1.29 is 14.6 Å². The van der Waals surface area contributed by atoms with Gasteiger partial charge in [-0.25, -0.2) is 4.79 Å². The van der Waals surface area contributed by atoms with Gasteiger partial charge in [-0.1, -0.05) is 6.08 Å². The lowest BCUT2D eigenvalue weighted by Crippen LogP contribution is -2.36. The van der Waals surface area contributed by atoms with Gasteiger partial charge in [0, 0.05) is 19.6 Å². The van der Waals surface area contributed by atoms with E-state index < -0.39 is 0 Å². The number of rotatable bonds is 6. The van der Waals surface area contributed by atoms with Crippen molar-refractivity contribution in [3.8, 4) is 0 Å². The molecule has 0 aromatic rings. The van der Waals surface area contributed by atoms with E-state index in [1.165, 1.54) is 0 Å². The first-order valence-corrected chi connectivity index (χ1v) is 4.65. The molecular formula is C9H16N2O3. The van der Waals surface area contributed by atoms with Gasteiger partial charge in [-0.2, -0.15) is 0 Å². The van der Waals surface area contributed by atoms with Crippen molar-refractivity contribution in [2.45, 2.75) is 6.10 Å². The van der Waals surface area contributed by atoms with E-state index in [9.17, 15) is 4.79 Å². The Balaban J connectivity index is 2.30. The molecule has 0 bridgehead atoms. The average molecular weight is 200 g/mol. The summed E-state index contributed by atoms with van der Waals surface area (Å²) in [5, 5.41) is 11.4. The predicted octanol–water partition coefficient (Wildman–Crippen LogP) is -0.425. The van der Waals surface area contributed by atoms with Gasteiger partial charge < -0.3 is 15.2 Å². The van der Waals surface area contributed by atoms with Gasteiger partial charge in [-0.05, 0) is 0 Å². The first-order valence-electron chi connectivity index (χ1n) is 4.65. The molecule has 1 aliphatic rings. The number of amides is 1. The lowest BCUT2D eigenvalue weighted by Gasteiger charge is -2.21. The summed E-state index contributed by atoms with van der Waals surface area (Å²) in [5.74, 6) is 0. The topological polar surface area (TPSA) is 61.8 Å². The predicted molar refractivity (Wildman–Crippen MR) is 52.0 cm³/mol. The number of carbonyl (C=O) groups excluding carboxylic acids is 1. The summed E-state index contributed by atoms with van der Waals surface area (Å²) in [7, 11) is 0. The monoisotopic (exact) mass is 200 g/mol. The third-order valence-corrected chi connectivity index (χ3v) is 2.01. The molecule has 2 N–H and O–H groups in total. The number of nitrogens with one attached hydrogen (secondary N) is 1. The van der Waals surface area contributed by atoms with Crippen LogP contribution < -0.4 is 5.32 Å². The maximum atomic E-state index is 10.7. The number of carbonyl (C=O) groups is 1. The molecule has 0 spiro atoms. The van der Waals surface area contributed by atoms with E-state index in [2.05, 4.69) is 11.9 Å². The molecule has 0 aromatic heterocycles. The van der Waals surface area contributed by atoms with Crippen molar-refractivity contribution in [1.82, 2.24) is 10.2 Å². The number of aliphatic hydroxyl groups is 1. The van der Waals surface area contributed by atoms with Crippen LogP contribution in [0.4, 0.5) is 4.79 Å². The summed E-state index contributed by atoms with van der Waals surface area (Å²) >= 11 is 0. The Morgan fingerprint density at radius 2 is 2.57 bits per heavy atom. The Bertz CT molecular complexity index is 208. The lowest BCUT2D eigenvalue weighted by atomic mass is 10.3. The van der Waals surface area contributed by atoms with Gasteiger partial charge in [0.2, 0.25) is 0 Å². The number of cyclic esters (lactones) is 1. The van der Waals surface area contributed by atoms with E-state index in [1.807, 2.05) is 4.90 Å². The summed E-state index contributed by atoms with van der Waals surface area (Å²) in [5.41, 5.74) is 0. The van der Waals surface area contributed by atoms with Crippen molar-refractivity contribution in [3.05, 3.63) is 12.7 Å². The molecule has 5 nitrogen and oxygen atoms in total. The highest BCUT2D eigenvalue weighted by molar-refractivity contribution is 5.69. The Kier molecular flexibility index (Phi) is 4.42. The molecule has 1 saturated heterocycles. The van der Waals surface area contributed by atoms with E-state index in [-0.39, 0.29) is 18.8 Å². The van der Waals surface area contributed by atoms with Gasteiger partial charge >= 0.3 is 6.09 Å². The molecule has 0 radical (unpaired) electrons. The highest BCUT2D eigenvalue weighted by Gasteiger charge is 2.23. The average Bonchev–Trinajstić information content (AvgIpc) is 2.52. The largest absolute Gasteiger partial charge is 0.443 e. The first-order chi connectivity index (χ1) is 6.76. The molecule has 1 atom stereocenters. The summed E-state index contributed by atoms with van der Waals surface area (Å²) in [6.45, 7) is 6.15. The molecule has 1 amide bonds. The quantitative estimate of drug-likeness (QED) is 0.571. The van der Waals surface area contributed by atoms with Crippen LogP contribution in [0.2, 0.25) is 0 Å². The van der Waals surface area contributed by atoms with Crippen LogP contribution in [-0.4, -0.2) is 55.0 Å². The molecule has 0 aliphatic carbocycles. The molecule has 0 aromatic carbocycles. The van der Waals surface area contributed by atoms with Crippen molar-refractivity contribution in [2.75, 3.05) is 32.8 Å². The van der Waals surface area contributed by atoms with Gasteiger partial charge in [0.05, 0.1) is 13.2 Å². The van der Waals surface area contributed by atoms with Crippen LogP contribution in [0, 0.1) is 0 Å². The summed E-state index contributed by atoms with van der Waals surface area (Å²) < 4.78 is 4.98. The lowest BCUT2D eigenvalue weighted by molar-refractivity contribution is 0.104. The molecule has 1 unspecified atom stereocenters. The van der Waals surface area contributed by atoms with Gasteiger partial charge in [-0.15, -0.1) is 6.58 Å². The molecular weight excluding hydrogens is 184 g/mol. The Labute approximate surface area is 83.3 Å². The fraction of sp³-hybridized carbons (Fsp3) is 0.667. The minimum atomic E-state index is -0.363. The molecule has 0 saturated carbocycles. The highest BCUT2D eigenvalue weighted by atomic mass is 16.6. The van der Waals surface area contributed by atoms with Crippen molar-refractivity contribution in [3.63, 3.8) is 0 Å². The third-order valence-electron chi connectivity index (χ3n) is 2.01. The standard InChI is InChI=1S/C9H16N2O3/c1-2-3-11(4-5-12)7-8-6-10-9(13)14-8/h2,8,12H,1,3-7H2,(H,10,13). The SMILES string of the molecule is C=CCN(CCO)CC1CNC(=O)O1. The van der Waals surface area contributed by atoms with E-state index in [0.29, 0.717) is 26.2 Å². The molecule has 5 heteroatoms. The van der Waals surface area contributed by atoms with E-state index in [0.717, 1.165) is 0 Å². The maximum absolute atomic E-state index is 10.7. The number of hydrogen-bond donors (Lipinski definition) is 2. The van der Waals surface area contributed by atoms with Gasteiger partial charge in [0.15, 0.2) is 0 Å². The van der Waals surface area contributed by atoms with Crippen LogP contribution in [-0.2, 0) is 4.74 Å². The first kappa shape index (κ1) is 11.0. The zero-order chi connectivity index (χ0) is 10.4. The summed E-state index contributed by atoms with van der Waals surface area (Å²) in [6.07, 6.45) is 1.28. The Morgan fingerprint density at radius 3 is 3.07 bits per heavy atom. The zero-order valence-electron chi connectivity index (χ0n) is 8.11. The van der Waals surface area contributed by atoms with Crippen molar-refractivity contribution in [1.29, 1.82) is 0 Å². The van der Waals surface area contributed by atoms with Crippen LogP contribution >= 0.6 is 0 Å². The molecule has 80 valence electrons. The number of nitrogens with zero attached hydrogens (tertiary/aromatic N) is 1. The fourth-order valence-electron chi connectivity index (χ4n) is 1.40. The van der Waals surface area contributed by atoms with E-state index in [1.54, 1.807) is 6.08 Å². The normalized spacial score (nSPS) is 20.7. The van der Waals surface area contributed by atoms with Gasteiger partial charge in [0.1, 0.15) is 6.10 Å². The number of ether oxygens (including phenoxy) is 1.